The number of halogens is 1. The summed E-state index contributed by atoms with van der Waals surface area (Å²) in [5.41, 5.74) is 9.27. The Balaban J connectivity index is 1.34. The molecule has 1 aromatic heterocycles. The lowest BCUT2D eigenvalue weighted by Crippen LogP contribution is -2.26. The number of rotatable bonds is 6. The fourth-order valence-electron chi connectivity index (χ4n) is 5.24. The molecule has 0 aliphatic heterocycles. The summed E-state index contributed by atoms with van der Waals surface area (Å²) in [5.74, 6) is -0.0659. The molecule has 0 bridgehead atoms. The van der Waals surface area contributed by atoms with Gasteiger partial charge in [-0.2, -0.15) is 0 Å². The van der Waals surface area contributed by atoms with Crippen LogP contribution in [-0.2, 0) is 12.0 Å². The molecule has 0 saturated carbocycles. The molecule has 1 heterocycles. The summed E-state index contributed by atoms with van der Waals surface area (Å²) in [6.07, 6.45) is 0. The molecular formula is C35H35BrN2O. The van der Waals surface area contributed by atoms with Gasteiger partial charge in [-0.15, -0.1) is 0 Å². The molecule has 5 rings (SSSR count). The highest BCUT2D eigenvalue weighted by Gasteiger charge is 2.18. The second kappa shape index (κ2) is 10.9. The van der Waals surface area contributed by atoms with E-state index < -0.39 is 0 Å². The maximum Gasteiger partial charge on any atom is 0.251 e. The van der Waals surface area contributed by atoms with E-state index in [0.717, 1.165) is 27.5 Å². The topological polar surface area (TPSA) is 34.0 Å². The maximum absolute atomic E-state index is 13.0. The van der Waals surface area contributed by atoms with E-state index in [1.165, 1.54) is 27.9 Å². The molecule has 1 atom stereocenters. The normalized spacial score (nSPS) is 12.5. The van der Waals surface area contributed by atoms with Crippen molar-refractivity contribution < 1.29 is 4.79 Å². The van der Waals surface area contributed by atoms with Crippen LogP contribution in [0.2, 0.25) is 0 Å². The van der Waals surface area contributed by atoms with Gasteiger partial charge >= 0.3 is 0 Å². The molecule has 198 valence electrons. The molecule has 4 aromatic carbocycles. The van der Waals surface area contributed by atoms with Gasteiger partial charge in [0, 0.05) is 33.2 Å². The minimum atomic E-state index is -0.0778. The Labute approximate surface area is 240 Å². The van der Waals surface area contributed by atoms with E-state index in [1.54, 1.807) is 0 Å². The average Bonchev–Trinajstić information content (AvgIpc) is 3.22. The van der Waals surface area contributed by atoms with Crippen molar-refractivity contribution in [1.29, 1.82) is 0 Å². The Morgan fingerprint density at radius 3 is 2.28 bits per heavy atom. The average molecular weight is 580 g/mol. The Morgan fingerprint density at radius 1 is 0.897 bits per heavy atom. The minimum Gasteiger partial charge on any atom is -0.346 e. The van der Waals surface area contributed by atoms with Crippen molar-refractivity contribution in [3.8, 4) is 11.1 Å². The molecule has 3 nitrogen and oxygen atoms in total. The molecule has 0 fully saturated rings. The first-order valence-electron chi connectivity index (χ1n) is 13.5. The number of amides is 1. The summed E-state index contributed by atoms with van der Waals surface area (Å²) < 4.78 is 3.34. The molecule has 4 heteroatoms. The number of carbonyl (C=O) groups excluding carboxylic acids is 1. The number of fused-ring (bicyclic) bond motifs is 1. The monoisotopic (exact) mass is 578 g/mol. The zero-order valence-electron chi connectivity index (χ0n) is 23.3. The van der Waals surface area contributed by atoms with Gasteiger partial charge in [-0.3, -0.25) is 4.79 Å². The number of nitrogens with one attached hydrogen (secondary N) is 1. The SMILES string of the molecule is Cc1cc2cc(C(=O)N[C@@H](C)c3ccc(Br)cc3)ccc2n1Cc1ccc(-c2ccccc2C(C)(C)C)cc1. The van der Waals surface area contributed by atoms with E-state index in [9.17, 15) is 4.79 Å². The standard InChI is InChI=1S/C35H35BrN2O/c1-23-20-29-21-28(34(39)37-24(2)26-14-17-30(36)18-15-26)16-19-33(29)38(23)22-25-10-12-27(13-11-25)31-8-6-7-9-32(31)35(3,4)5/h6-21,24H,22H2,1-5H3,(H,37,39)/t24-/m0/s1. The molecule has 1 N–H and O–H groups in total. The zero-order valence-corrected chi connectivity index (χ0v) is 24.8. The highest BCUT2D eigenvalue weighted by Crippen LogP contribution is 2.33. The van der Waals surface area contributed by atoms with Gasteiger partial charge in [0.05, 0.1) is 6.04 Å². The number of hydrogen-bond acceptors (Lipinski definition) is 1. The van der Waals surface area contributed by atoms with Crippen LogP contribution >= 0.6 is 15.9 Å². The third-order valence-electron chi connectivity index (χ3n) is 7.43. The molecule has 0 unspecified atom stereocenters. The van der Waals surface area contributed by atoms with Crippen molar-refractivity contribution in [1.82, 2.24) is 9.88 Å². The molecule has 0 saturated heterocycles. The Morgan fingerprint density at radius 2 is 1.59 bits per heavy atom. The van der Waals surface area contributed by atoms with E-state index >= 15 is 0 Å². The smallest absolute Gasteiger partial charge is 0.251 e. The molecule has 5 aromatic rings. The molecule has 0 aliphatic rings. The summed E-state index contributed by atoms with van der Waals surface area (Å²) in [4.78, 5) is 13.0. The van der Waals surface area contributed by atoms with Gasteiger partial charge in [0.2, 0.25) is 0 Å². The van der Waals surface area contributed by atoms with Crippen LogP contribution in [0.25, 0.3) is 22.0 Å². The minimum absolute atomic E-state index is 0.0659. The van der Waals surface area contributed by atoms with E-state index in [2.05, 4.69) is 114 Å². The fraction of sp³-hybridized carbons (Fsp3) is 0.229. The van der Waals surface area contributed by atoms with E-state index in [0.29, 0.717) is 5.56 Å². The number of carbonyl (C=O) groups is 1. The van der Waals surface area contributed by atoms with Gasteiger partial charge in [0.25, 0.3) is 5.91 Å². The molecule has 39 heavy (non-hydrogen) atoms. The summed E-state index contributed by atoms with van der Waals surface area (Å²) >= 11 is 3.47. The number of hydrogen-bond donors (Lipinski definition) is 1. The molecule has 1 amide bonds. The second-order valence-corrected chi connectivity index (χ2v) is 12.3. The van der Waals surface area contributed by atoms with Crippen LogP contribution in [0.5, 0.6) is 0 Å². The first-order valence-corrected chi connectivity index (χ1v) is 14.2. The van der Waals surface area contributed by atoms with Crippen LogP contribution in [0.1, 0.15) is 66.5 Å². The first-order chi connectivity index (χ1) is 18.6. The number of aryl methyl sites for hydroxylation is 1. The van der Waals surface area contributed by atoms with Gasteiger partial charge in [-0.25, -0.2) is 0 Å². The number of aromatic nitrogens is 1. The largest absolute Gasteiger partial charge is 0.346 e. The summed E-state index contributed by atoms with van der Waals surface area (Å²) in [6, 6.07) is 33.7. The third-order valence-corrected chi connectivity index (χ3v) is 7.96. The van der Waals surface area contributed by atoms with Crippen molar-refractivity contribution in [2.24, 2.45) is 0 Å². The maximum atomic E-state index is 13.0. The van der Waals surface area contributed by atoms with Gasteiger partial charge < -0.3 is 9.88 Å². The Bertz CT molecular complexity index is 1620. The van der Waals surface area contributed by atoms with Crippen LogP contribution in [0.4, 0.5) is 0 Å². The lowest BCUT2D eigenvalue weighted by molar-refractivity contribution is 0.0940. The lowest BCUT2D eigenvalue weighted by atomic mass is 9.82. The van der Waals surface area contributed by atoms with E-state index in [4.69, 9.17) is 0 Å². The highest BCUT2D eigenvalue weighted by atomic mass is 79.9. The van der Waals surface area contributed by atoms with Crippen LogP contribution in [0, 0.1) is 6.92 Å². The first kappa shape index (κ1) is 27.0. The third kappa shape index (κ3) is 5.86. The van der Waals surface area contributed by atoms with Crippen molar-refractivity contribution in [3.63, 3.8) is 0 Å². The lowest BCUT2D eigenvalue weighted by Gasteiger charge is -2.23. The van der Waals surface area contributed by atoms with Crippen molar-refractivity contribution in [2.45, 2.75) is 52.6 Å². The van der Waals surface area contributed by atoms with Gasteiger partial charge in [0.1, 0.15) is 0 Å². The Hall–Kier alpha value is -3.63. The van der Waals surface area contributed by atoms with Crippen LogP contribution < -0.4 is 5.32 Å². The molecular weight excluding hydrogens is 544 g/mol. The quantitative estimate of drug-likeness (QED) is 0.214. The fourth-order valence-corrected chi connectivity index (χ4v) is 5.50. The van der Waals surface area contributed by atoms with Crippen molar-refractivity contribution in [2.75, 3.05) is 0 Å². The number of benzene rings is 4. The number of nitrogens with zero attached hydrogens (tertiary/aromatic N) is 1. The summed E-state index contributed by atoms with van der Waals surface area (Å²) in [5, 5.41) is 4.20. The summed E-state index contributed by atoms with van der Waals surface area (Å²) in [7, 11) is 0. The zero-order chi connectivity index (χ0) is 27.7. The predicted octanol–water partition coefficient (Wildman–Crippen LogP) is 9.22. The van der Waals surface area contributed by atoms with Crippen LogP contribution in [-0.4, -0.2) is 10.5 Å². The van der Waals surface area contributed by atoms with E-state index in [1.807, 2.05) is 43.3 Å². The molecule has 0 radical (unpaired) electrons. The van der Waals surface area contributed by atoms with Gasteiger partial charge in [0.15, 0.2) is 0 Å². The molecule has 0 aliphatic carbocycles. The second-order valence-electron chi connectivity index (χ2n) is 11.4. The van der Waals surface area contributed by atoms with Crippen LogP contribution in [0.3, 0.4) is 0 Å². The van der Waals surface area contributed by atoms with Crippen molar-refractivity contribution >= 4 is 32.7 Å². The highest BCUT2D eigenvalue weighted by molar-refractivity contribution is 9.10. The van der Waals surface area contributed by atoms with Gasteiger partial charge in [-0.1, -0.05) is 97.4 Å². The summed E-state index contributed by atoms with van der Waals surface area (Å²) in [6.45, 7) is 11.7. The van der Waals surface area contributed by atoms with Crippen LogP contribution in [0.15, 0.2) is 102 Å². The van der Waals surface area contributed by atoms with E-state index in [-0.39, 0.29) is 17.4 Å². The molecule has 0 spiro atoms. The van der Waals surface area contributed by atoms with Crippen molar-refractivity contribution in [3.05, 3.63) is 129 Å². The predicted molar refractivity (Wildman–Crippen MR) is 166 cm³/mol. The Kier molecular flexibility index (Phi) is 7.51. The van der Waals surface area contributed by atoms with Gasteiger partial charge in [-0.05, 0) is 83.5 Å².